The number of nitrogens with one attached hydrogen (secondary N) is 1. The summed E-state index contributed by atoms with van der Waals surface area (Å²) < 4.78 is 1.53. The summed E-state index contributed by atoms with van der Waals surface area (Å²) in [5.74, 6) is 0.228. The van der Waals surface area contributed by atoms with Crippen LogP contribution in [0.2, 0.25) is 0 Å². The van der Waals surface area contributed by atoms with Gasteiger partial charge in [-0.1, -0.05) is 18.2 Å². The van der Waals surface area contributed by atoms with Gasteiger partial charge in [-0.05, 0) is 16.0 Å². The van der Waals surface area contributed by atoms with Crippen molar-refractivity contribution in [3.63, 3.8) is 0 Å². The molecule has 0 fully saturated rings. The summed E-state index contributed by atoms with van der Waals surface area (Å²) in [7, 11) is 1.66. The maximum absolute atomic E-state index is 10.8. The second kappa shape index (κ2) is 4.74. The summed E-state index contributed by atoms with van der Waals surface area (Å²) in [5.41, 5.74) is 0.660. The first kappa shape index (κ1) is 11.9. The molecule has 1 heterocycles. The number of anilines is 1. The minimum atomic E-state index is -0.548. The van der Waals surface area contributed by atoms with Crippen LogP contribution in [-0.4, -0.2) is 19.6 Å². The molecule has 0 saturated carbocycles. The van der Waals surface area contributed by atoms with Crippen LogP contribution < -0.4 is 5.32 Å². The molecule has 1 aromatic carbocycles. The van der Waals surface area contributed by atoms with Gasteiger partial charge in [0.1, 0.15) is 5.75 Å². The molecule has 2 aromatic rings. The minimum Gasteiger partial charge on any atom is -0.508 e. The number of hydrogen-bond donors (Lipinski definition) is 2. The molecule has 0 unspecified atom stereocenters. The van der Waals surface area contributed by atoms with Crippen molar-refractivity contribution in [2.75, 3.05) is 5.32 Å². The van der Waals surface area contributed by atoms with Crippen LogP contribution in [0, 0.1) is 10.1 Å². The van der Waals surface area contributed by atoms with Crippen LogP contribution in [0.25, 0.3) is 0 Å². The number of imidazole rings is 1. The van der Waals surface area contributed by atoms with Crippen molar-refractivity contribution in [3.05, 3.63) is 46.3 Å². The lowest BCUT2D eigenvalue weighted by molar-refractivity contribution is -0.388. The Bertz CT molecular complexity index is 579. The fourth-order valence-corrected chi connectivity index (χ4v) is 1.59. The number of aromatic nitrogens is 2. The van der Waals surface area contributed by atoms with E-state index in [1.165, 1.54) is 10.9 Å². The molecule has 2 N–H and O–H groups in total. The normalized spacial score (nSPS) is 10.3. The Hall–Kier alpha value is -2.57. The second-order valence-electron chi connectivity index (χ2n) is 3.77. The Morgan fingerprint density at radius 1 is 1.50 bits per heavy atom. The zero-order chi connectivity index (χ0) is 13.1. The Labute approximate surface area is 103 Å². The topological polar surface area (TPSA) is 93.2 Å². The largest absolute Gasteiger partial charge is 0.508 e. The van der Waals surface area contributed by atoms with Crippen molar-refractivity contribution in [3.8, 4) is 5.75 Å². The zero-order valence-electron chi connectivity index (χ0n) is 9.70. The van der Waals surface area contributed by atoms with E-state index in [2.05, 4.69) is 10.3 Å². The molecule has 2 rings (SSSR count). The van der Waals surface area contributed by atoms with Crippen molar-refractivity contribution < 1.29 is 10.0 Å². The lowest BCUT2D eigenvalue weighted by atomic mass is 10.2. The number of phenols is 1. The number of para-hydroxylation sites is 1. The third-order valence-electron chi connectivity index (χ3n) is 2.53. The van der Waals surface area contributed by atoms with E-state index >= 15 is 0 Å². The summed E-state index contributed by atoms with van der Waals surface area (Å²) in [5, 5.41) is 23.2. The first-order chi connectivity index (χ1) is 8.59. The molecule has 0 amide bonds. The van der Waals surface area contributed by atoms with Crippen molar-refractivity contribution in [1.29, 1.82) is 0 Å². The predicted octanol–water partition coefficient (Wildman–Crippen LogP) is 1.65. The average molecular weight is 248 g/mol. The third kappa shape index (κ3) is 2.24. The second-order valence-corrected chi connectivity index (χ2v) is 3.77. The molecule has 0 radical (unpaired) electrons. The molecule has 7 nitrogen and oxygen atoms in total. The van der Waals surface area contributed by atoms with E-state index in [4.69, 9.17) is 0 Å². The SMILES string of the molecule is Cn1cnc([N+](=O)[O-])c1NCc1ccccc1O. The maximum atomic E-state index is 10.8. The number of nitrogens with zero attached hydrogens (tertiary/aromatic N) is 3. The summed E-state index contributed by atoms with van der Waals surface area (Å²) in [4.78, 5) is 13.9. The number of phenolic OH excluding ortho intramolecular Hbond substituents is 1. The van der Waals surface area contributed by atoms with Crippen molar-refractivity contribution >= 4 is 11.6 Å². The Morgan fingerprint density at radius 3 is 2.89 bits per heavy atom. The molecular formula is C11H12N4O3. The number of nitro groups is 1. The summed E-state index contributed by atoms with van der Waals surface area (Å²) in [6.07, 6.45) is 1.37. The highest BCUT2D eigenvalue weighted by atomic mass is 16.6. The number of hydrogen-bond acceptors (Lipinski definition) is 5. The van der Waals surface area contributed by atoms with Crippen LogP contribution in [0.3, 0.4) is 0 Å². The van der Waals surface area contributed by atoms with E-state index in [1.54, 1.807) is 31.3 Å². The fourth-order valence-electron chi connectivity index (χ4n) is 1.59. The molecular weight excluding hydrogens is 236 g/mol. The van der Waals surface area contributed by atoms with E-state index < -0.39 is 4.92 Å². The smallest absolute Gasteiger partial charge is 0.406 e. The van der Waals surface area contributed by atoms with Gasteiger partial charge in [-0.3, -0.25) is 4.57 Å². The van der Waals surface area contributed by atoms with E-state index in [-0.39, 0.29) is 18.1 Å². The average Bonchev–Trinajstić information content (AvgIpc) is 2.70. The molecule has 0 aliphatic heterocycles. The number of aryl methyl sites for hydroxylation is 1. The molecule has 0 saturated heterocycles. The highest BCUT2D eigenvalue weighted by molar-refractivity contribution is 5.52. The lowest BCUT2D eigenvalue weighted by Crippen LogP contribution is -2.05. The molecule has 7 heteroatoms. The fraction of sp³-hybridized carbons (Fsp3) is 0.182. The van der Waals surface area contributed by atoms with Crippen LogP contribution in [0.4, 0.5) is 11.6 Å². The molecule has 0 aliphatic rings. The number of benzene rings is 1. The van der Waals surface area contributed by atoms with Gasteiger partial charge in [0.15, 0.2) is 0 Å². The Kier molecular flexibility index (Phi) is 3.13. The van der Waals surface area contributed by atoms with Gasteiger partial charge >= 0.3 is 5.82 Å². The van der Waals surface area contributed by atoms with Crippen LogP contribution >= 0.6 is 0 Å². The molecule has 94 valence electrons. The third-order valence-corrected chi connectivity index (χ3v) is 2.53. The molecule has 0 bridgehead atoms. The van der Waals surface area contributed by atoms with Crippen LogP contribution in [0.5, 0.6) is 5.75 Å². The zero-order valence-corrected chi connectivity index (χ0v) is 9.70. The van der Waals surface area contributed by atoms with Gasteiger partial charge in [0, 0.05) is 19.2 Å². The van der Waals surface area contributed by atoms with Gasteiger partial charge < -0.3 is 20.5 Å². The number of rotatable bonds is 4. The van der Waals surface area contributed by atoms with E-state index in [0.29, 0.717) is 11.4 Å². The summed E-state index contributed by atoms with van der Waals surface area (Å²) >= 11 is 0. The molecule has 0 aliphatic carbocycles. The molecule has 18 heavy (non-hydrogen) atoms. The predicted molar refractivity (Wildman–Crippen MR) is 65.3 cm³/mol. The summed E-state index contributed by atoms with van der Waals surface area (Å²) in [6.45, 7) is 0.285. The van der Waals surface area contributed by atoms with Gasteiger partial charge in [0.05, 0.1) is 0 Å². The lowest BCUT2D eigenvalue weighted by Gasteiger charge is -2.07. The minimum absolute atomic E-state index is 0.148. The highest BCUT2D eigenvalue weighted by Gasteiger charge is 2.19. The van der Waals surface area contributed by atoms with E-state index in [1.807, 2.05) is 0 Å². The number of aromatic hydroxyl groups is 1. The van der Waals surface area contributed by atoms with Gasteiger partial charge in [0.2, 0.25) is 12.1 Å². The Balaban J connectivity index is 2.18. The van der Waals surface area contributed by atoms with Crippen LogP contribution in [0.1, 0.15) is 5.56 Å². The van der Waals surface area contributed by atoms with Crippen LogP contribution in [-0.2, 0) is 13.6 Å². The van der Waals surface area contributed by atoms with Crippen molar-refractivity contribution in [1.82, 2.24) is 9.55 Å². The van der Waals surface area contributed by atoms with Crippen molar-refractivity contribution in [2.24, 2.45) is 7.05 Å². The maximum Gasteiger partial charge on any atom is 0.406 e. The van der Waals surface area contributed by atoms with Crippen LogP contribution in [0.15, 0.2) is 30.6 Å². The van der Waals surface area contributed by atoms with E-state index in [9.17, 15) is 15.2 Å². The monoisotopic (exact) mass is 248 g/mol. The first-order valence-corrected chi connectivity index (χ1v) is 5.26. The molecule has 0 atom stereocenters. The van der Waals surface area contributed by atoms with Gasteiger partial charge in [0.25, 0.3) is 0 Å². The highest BCUT2D eigenvalue weighted by Crippen LogP contribution is 2.23. The summed E-state index contributed by atoms with van der Waals surface area (Å²) in [6, 6.07) is 6.80. The van der Waals surface area contributed by atoms with Gasteiger partial charge in [-0.15, -0.1) is 0 Å². The molecule has 0 spiro atoms. The standard InChI is InChI=1S/C11H12N4O3/c1-14-7-13-11(15(17)18)10(14)12-6-8-4-2-3-5-9(8)16/h2-5,7,12,16H,6H2,1H3. The quantitative estimate of drug-likeness (QED) is 0.633. The first-order valence-electron chi connectivity index (χ1n) is 5.26. The molecule has 1 aromatic heterocycles. The van der Waals surface area contributed by atoms with Gasteiger partial charge in [-0.25, -0.2) is 0 Å². The van der Waals surface area contributed by atoms with E-state index in [0.717, 1.165) is 0 Å². The van der Waals surface area contributed by atoms with Crippen molar-refractivity contribution in [2.45, 2.75) is 6.54 Å². The Morgan fingerprint density at radius 2 is 2.22 bits per heavy atom. The van der Waals surface area contributed by atoms with Gasteiger partial charge in [-0.2, -0.15) is 0 Å².